The summed E-state index contributed by atoms with van der Waals surface area (Å²) in [6, 6.07) is 8.02. The minimum Gasteiger partial charge on any atom is -0.337 e. The van der Waals surface area contributed by atoms with Gasteiger partial charge >= 0.3 is 6.03 Å². The summed E-state index contributed by atoms with van der Waals surface area (Å²) >= 11 is 0. The highest BCUT2D eigenvalue weighted by Crippen LogP contribution is 2.15. The van der Waals surface area contributed by atoms with Crippen molar-refractivity contribution in [3.63, 3.8) is 0 Å². The maximum absolute atomic E-state index is 12.2. The van der Waals surface area contributed by atoms with Crippen LogP contribution in [-0.4, -0.2) is 47.9 Å². The molecule has 2 rings (SSSR count). The van der Waals surface area contributed by atoms with Gasteiger partial charge in [0.25, 0.3) is 0 Å². The number of nitrogens with one attached hydrogen (secondary N) is 1. The van der Waals surface area contributed by atoms with E-state index in [-0.39, 0.29) is 18.0 Å². The molecule has 1 saturated heterocycles. The van der Waals surface area contributed by atoms with Crippen LogP contribution in [0.3, 0.4) is 0 Å². The number of aryl methyl sites for hydroxylation is 1. The fourth-order valence-corrected chi connectivity index (χ4v) is 2.56. The molecule has 1 atom stereocenters. The van der Waals surface area contributed by atoms with Crippen LogP contribution in [0.1, 0.15) is 17.5 Å². The number of hydrogen-bond donors (Lipinski definition) is 1. The van der Waals surface area contributed by atoms with Crippen molar-refractivity contribution in [1.29, 1.82) is 0 Å². The Balaban J connectivity index is 1.83. The van der Waals surface area contributed by atoms with Crippen molar-refractivity contribution in [3.05, 3.63) is 48.0 Å². The predicted octanol–water partition coefficient (Wildman–Crippen LogP) is 1.92. The van der Waals surface area contributed by atoms with E-state index in [1.165, 1.54) is 11.6 Å². The van der Waals surface area contributed by atoms with Crippen molar-refractivity contribution in [1.82, 2.24) is 15.1 Å². The Hall–Kier alpha value is -2.30. The molecule has 3 amide bonds. The lowest BCUT2D eigenvalue weighted by molar-refractivity contribution is -0.125. The van der Waals surface area contributed by atoms with Gasteiger partial charge in [0, 0.05) is 26.7 Å². The lowest BCUT2D eigenvalue weighted by atomic mass is 10.1. The normalized spacial score (nSPS) is 17.2. The Morgan fingerprint density at radius 3 is 2.73 bits per heavy atom. The van der Waals surface area contributed by atoms with Crippen molar-refractivity contribution in [2.45, 2.75) is 25.9 Å². The SMILES string of the molecule is C=CC(=O)N1CC[C@H](N(C)C(=O)NCc2ccc(C)cc2)C1. The van der Waals surface area contributed by atoms with Crippen LogP contribution in [0.2, 0.25) is 0 Å². The third-order valence-electron chi connectivity index (χ3n) is 4.08. The summed E-state index contributed by atoms with van der Waals surface area (Å²) in [6.07, 6.45) is 2.12. The summed E-state index contributed by atoms with van der Waals surface area (Å²) < 4.78 is 0. The number of carbonyl (C=O) groups is 2. The Kier molecular flexibility index (Phi) is 5.20. The van der Waals surface area contributed by atoms with Gasteiger partial charge in [0.2, 0.25) is 5.91 Å². The van der Waals surface area contributed by atoms with Gasteiger partial charge in [-0.05, 0) is 25.0 Å². The fraction of sp³-hybridized carbons (Fsp3) is 0.412. The number of rotatable bonds is 4. The molecule has 0 aromatic heterocycles. The molecule has 1 fully saturated rings. The third-order valence-corrected chi connectivity index (χ3v) is 4.08. The van der Waals surface area contributed by atoms with Crippen molar-refractivity contribution in [2.24, 2.45) is 0 Å². The number of hydrogen-bond acceptors (Lipinski definition) is 2. The molecule has 0 aliphatic carbocycles. The molecule has 0 bridgehead atoms. The highest BCUT2D eigenvalue weighted by Gasteiger charge is 2.29. The van der Waals surface area contributed by atoms with Crippen LogP contribution in [0.5, 0.6) is 0 Å². The van der Waals surface area contributed by atoms with Gasteiger partial charge in [0.05, 0.1) is 6.04 Å². The van der Waals surface area contributed by atoms with Gasteiger partial charge in [0.1, 0.15) is 0 Å². The van der Waals surface area contributed by atoms with Crippen LogP contribution in [0.25, 0.3) is 0 Å². The minimum absolute atomic E-state index is 0.0573. The smallest absolute Gasteiger partial charge is 0.317 e. The highest BCUT2D eigenvalue weighted by atomic mass is 16.2. The first-order chi connectivity index (χ1) is 10.5. The summed E-state index contributed by atoms with van der Waals surface area (Å²) in [5, 5.41) is 2.92. The lowest BCUT2D eigenvalue weighted by Gasteiger charge is -2.25. The Morgan fingerprint density at radius 2 is 2.09 bits per heavy atom. The van der Waals surface area contributed by atoms with Gasteiger partial charge in [0.15, 0.2) is 0 Å². The molecule has 5 nitrogen and oxygen atoms in total. The van der Waals surface area contributed by atoms with Crippen molar-refractivity contribution >= 4 is 11.9 Å². The summed E-state index contributed by atoms with van der Waals surface area (Å²) in [4.78, 5) is 27.2. The highest BCUT2D eigenvalue weighted by molar-refractivity contribution is 5.87. The van der Waals surface area contributed by atoms with Gasteiger partial charge in [-0.2, -0.15) is 0 Å². The molecule has 0 spiro atoms. The van der Waals surface area contributed by atoms with Crippen LogP contribution in [0.4, 0.5) is 4.79 Å². The van der Waals surface area contributed by atoms with Gasteiger partial charge in [-0.3, -0.25) is 4.79 Å². The molecular formula is C17H23N3O2. The molecule has 0 radical (unpaired) electrons. The van der Waals surface area contributed by atoms with Gasteiger partial charge < -0.3 is 15.1 Å². The van der Waals surface area contributed by atoms with E-state index in [1.807, 2.05) is 31.2 Å². The zero-order valence-corrected chi connectivity index (χ0v) is 13.2. The maximum atomic E-state index is 12.2. The summed E-state index contributed by atoms with van der Waals surface area (Å²) in [5.74, 6) is -0.0732. The molecule has 22 heavy (non-hydrogen) atoms. The van der Waals surface area contributed by atoms with E-state index in [1.54, 1.807) is 16.8 Å². The largest absolute Gasteiger partial charge is 0.337 e. The minimum atomic E-state index is -0.113. The molecular weight excluding hydrogens is 278 g/mol. The number of likely N-dealkylation sites (N-methyl/N-ethyl adjacent to an activating group) is 1. The van der Waals surface area contributed by atoms with E-state index in [4.69, 9.17) is 0 Å². The molecule has 1 aromatic rings. The second-order valence-electron chi connectivity index (χ2n) is 5.69. The van der Waals surface area contributed by atoms with E-state index >= 15 is 0 Å². The number of nitrogens with zero attached hydrogens (tertiary/aromatic N) is 2. The first-order valence-corrected chi connectivity index (χ1v) is 7.49. The number of amides is 3. The molecule has 1 aromatic carbocycles. The Labute approximate surface area is 131 Å². The second-order valence-corrected chi connectivity index (χ2v) is 5.69. The van der Waals surface area contributed by atoms with Crippen LogP contribution in [-0.2, 0) is 11.3 Å². The molecule has 0 unspecified atom stereocenters. The molecule has 1 N–H and O–H groups in total. The topological polar surface area (TPSA) is 52.7 Å². The molecule has 5 heteroatoms. The van der Waals surface area contributed by atoms with Crippen molar-refractivity contribution in [3.8, 4) is 0 Å². The number of likely N-dealkylation sites (tertiary alicyclic amines) is 1. The first kappa shape index (κ1) is 16.1. The zero-order chi connectivity index (χ0) is 16.1. The predicted molar refractivity (Wildman–Crippen MR) is 86.4 cm³/mol. The van der Waals surface area contributed by atoms with Crippen LogP contribution in [0, 0.1) is 6.92 Å². The number of benzene rings is 1. The van der Waals surface area contributed by atoms with E-state index in [2.05, 4.69) is 11.9 Å². The molecule has 1 aliphatic rings. The van der Waals surface area contributed by atoms with E-state index in [9.17, 15) is 9.59 Å². The molecule has 1 aliphatic heterocycles. The summed E-state index contributed by atoms with van der Waals surface area (Å²) in [5.41, 5.74) is 2.27. The Bertz CT molecular complexity index is 554. The summed E-state index contributed by atoms with van der Waals surface area (Å²) in [7, 11) is 1.77. The van der Waals surface area contributed by atoms with Gasteiger partial charge in [-0.15, -0.1) is 0 Å². The van der Waals surface area contributed by atoms with Crippen LogP contribution < -0.4 is 5.32 Å². The molecule has 1 heterocycles. The number of carbonyl (C=O) groups excluding carboxylic acids is 2. The average molecular weight is 301 g/mol. The van der Waals surface area contributed by atoms with E-state index < -0.39 is 0 Å². The maximum Gasteiger partial charge on any atom is 0.317 e. The lowest BCUT2D eigenvalue weighted by Crippen LogP contribution is -2.44. The Morgan fingerprint density at radius 1 is 1.41 bits per heavy atom. The molecule has 118 valence electrons. The van der Waals surface area contributed by atoms with Gasteiger partial charge in [-0.1, -0.05) is 36.4 Å². The van der Waals surface area contributed by atoms with E-state index in [0.29, 0.717) is 19.6 Å². The van der Waals surface area contributed by atoms with Crippen molar-refractivity contribution < 1.29 is 9.59 Å². The second kappa shape index (κ2) is 7.11. The van der Waals surface area contributed by atoms with Crippen LogP contribution >= 0.6 is 0 Å². The van der Waals surface area contributed by atoms with E-state index in [0.717, 1.165) is 12.0 Å². The average Bonchev–Trinajstić information content (AvgIpc) is 3.02. The molecule has 0 saturated carbocycles. The van der Waals surface area contributed by atoms with Crippen molar-refractivity contribution in [2.75, 3.05) is 20.1 Å². The standard InChI is InChI=1S/C17H23N3O2/c1-4-16(21)20-10-9-15(12-20)19(3)17(22)18-11-14-7-5-13(2)6-8-14/h4-8,15H,1,9-12H2,2-3H3,(H,18,22)/t15-/m0/s1. The van der Waals surface area contributed by atoms with Crippen LogP contribution in [0.15, 0.2) is 36.9 Å². The quantitative estimate of drug-likeness (QED) is 0.864. The third kappa shape index (κ3) is 3.87. The zero-order valence-electron chi connectivity index (χ0n) is 13.2. The first-order valence-electron chi connectivity index (χ1n) is 7.49. The monoisotopic (exact) mass is 301 g/mol. The summed E-state index contributed by atoms with van der Waals surface area (Å²) in [6.45, 7) is 7.28. The number of urea groups is 1. The fourth-order valence-electron chi connectivity index (χ4n) is 2.56. The van der Waals surface area contributed by atoms with Gasteiger partial charge in [-0.25, -0.2) is 4.79 Å².